The van der Waals surface area contributed by atoms with Crippen LogP contribution >= 0.6 is 0 Å². The molecular formula is C25H24F3NO7. The van der Waals surface area contributed by atoms with Gasteiger partial charge < -0.3 is 23.4 Å². The van der Waals surface area contributed by atoms with Gasteiger partial charge in [0, 0.05) is 20.2 Å². The molecule has 1 aliphatic heterocycles. The largest absolute Gasteiger partial charge is 0.478 e. The summed E-state index contributed by atoms with van der Waals surface area (Å²) in [6.45, 7) is 3.40. The molecule has 36 heavy (non-hydrogen) atoms. The van der Waals surface area contributed by atoms with Crippen LogP contribution in [0.3, 0.4) is 0 Å². The summed E-state index contributed by atoms with van der Waals surface area (Å²) in [5.41, 5.74) is -0.666. The number of ether oxygens (including phenoxy) is 4. The van der Waals surface area contributed by atoms with Crippen LogP contribution in [0.5, 0.6) is 17.2 Å². The Bertz CT molecular complexity index is 1300. The van der Waals surface area contributed by atoms with Gasteiger partial charge in [0.2, 0.25) is 11.2 Å². The SMILES string of the molecule is CCCOC(=O)c1ccc(Oc2c(C(F)(F)F)oc3c4c(ccc3c2=O)OCN(CCOC)C4)cc1. The van der Waals surface area contributed by atoms with Gasteiger partial charge in [0.05, 0.1) is 29.7 Å². The number of rotatable bonds is 8. The number of hydrogen-bond donors (Lipinski definition) is 0. The van der Waals surface area contributed by atoms with Crippen LogP contribution < -0.4 is 14.9 Å². The molecule has 2 aromatic carbocycles. The molecule has 0 fully saturated rings. The lowest BCUT2D eigenvalue weighted by atomic mass is 10.1. The fourth-order valence-electron chi connectivity index (χ4n) is 3.69. The van der Waals surface area contributed by atoms with Crippen LogP contribution in [0.15, 0.2) is 45.6 Å². The van der Waals surface area contributed by atoms with Crippen molar-refractivity contribution < 1.29 is 41.3 Å². The summed E-state index contributed by atoms with van der Waals surface area (Å²) in [4.78, 5) is 27.0. The quantitative estimate of drug-likeness (QED) is 0.395. The predicted octanol–water partition coefficient (Wildman–Crippen LogP) is 4.97. The fourth-order valence-corrected chi connectivity index (χ4v) is 3.69. The summed E-state index contributed by atoms with van der Waals surface area (Å²) in [6.07, 6.45) is -4.37. The predicted molar refractivity (Wildman–Crippen MR) is 122 cm³/mol. The van der Waals surface area contributed by atoms with Gasteiger partial charge in [-0.05, 0) is 42.8 Å². The van der Waals surface area contributed by atoms with Crippen LogP contribution in [0.25, 0.3) is 11.0 Å². The molecule has 0 atom stereocenters. The van der Waals surface area contributed by atoms with Crippen molar-refractivity contribution in [1.29, 1.82) is 0 Å². The number of hydrogen-bond acceptors (Lipinski definition) is 8. The standard InChI is InChI=1S/C25H24F3NO7/c1-3-11-33-24(31)15-4-6-16(7-5-15)35-22-20(30)17-8-9-19-18(13-29(14-34-19)10-12-32-2)21(17)36-23(22)25(26,27)28/h4-9H,3,10-14H2,1-2H3. The van der Waals surface area contributed by atoms with Crippen LogP contribution in [0.2, 0.25) is 0 Å². The molecule has 8 nitrogen and oxygen atoms in total. The molecule has 0 bridgehead atoms. The van der Waals surface area contributed by atoms with E-state index in [1.54, 1.807) is 0 Å². The topological polar surface area (TPSA) is 87.4 Å². The van der Waals surface area contributed by atoms with Crippen molar-refractivity contribution in [3.05, 3.63) is 63.5 Å². The highest BCUT2D eigenvalue weighted by Gasteiger charge is 2.41. The number of nitrogens with zero attached hydrogens (tertiary/aromatic N) is 1. The second-order valence-electron chi connectivity index (χ2n) is 8.09. The van der Waals surface area contributed by atoms with E-state index in [0.29, 0.717) is 30.9 Å². The van der Waals surface area contributed by atoms with Crippen LogP contribution in [0.1, 0.15) is 35.0 Å². The molecule has 4 rings (SSSR count). The first-order valence-corrected chi connectivity index (χ1v) is 11.2. The van der Waals surface area contributed by atoms with Crippen molar-refractivity contribution in [3.8, 4) is 17.2 Å². The normalized spacial score (nSPS) is 13.8. The summed E-state index contributed by atoms with van der Waals surface area (Å²) >= 11 is 0. The molecule has 2 heterocycles. The summed E-state index contributed by atoms with van der Waals surface area (Å²) in [5.74, 6) is -2.87. The second kappa shape index (κ2) is 10.6. The van der Waals surface area contributed by atoms with E-state index in [-0.39, 0.29) is 42.2 Å². The van der Waals surface area contributed by atoms with E-state index in [4.69, 9.17) is 23.4 Å². The van der Waals surface area contributed by atoms with Crippen LogP contribution in [-0.2, 0) is 22.2 Å². The minimum absolute atomic E-state index is 0.0753. The first-order valence-electron chi connectivity index (χ1n) is 11.2. The lowest BCUT2D eigenvalue weighted by molar-refractivity contribution is -0.154. The third kappa shape index (κ3) is 5.31. The number of benzene rings is 2. The Morgan fingerprint density at radius 2 is 1.86 bits per heavy atom. The maximum Gasteiger partial charge on any atom is 0.453 e. The molecule has 0 saturated carbocycles. The second-order valence-corrected chi connectivity index (χ2v) is 8.09. The van der Waals surface area contributed by atoms with Crippen molar-refractivity contribution >= 4 is 16.9 Å². The summed E-state index contributed by atoms with van der Waals surface area (Å²) in [6, 6.07) is 8.11. The van der Waals surface area contributed by atoms with E-state index in [1.807, 2.05) is 11.8 Å². The van der Waals surface area contributed by atoms with E-state index in [0.717, 1.165) is 0 Å². The van der Waals surface area contributed by atoms with Gasteiger partial charge >= 0.3 is 12.1 Å². The van der Waals surface area contributed by atoms with E-state index < -0.39 is 29.1 Å². The molecule has 0 spiro atoms. The zero-order chi connectivity index (χ0) is 25.9. The Morgan fingerprint density at radius 1 is 1.11 bits per heavy atom. The van der Waals surface area contributed by atoms with E-state index >= 15 is 0 Å². The third-order valence-electron chi connectivity index (χ3n) is 5.48. The van der Waals surface area contributed by atoms with E-state index in [2.05, 4.69) is 0 Å². The lowest BCUT2D eigenvalue weighted by Gasteiger charge is -2.29. The Hall–Kier alpha value is -3.57. The summed E-state index contributed by atoms with van der Waals surface area (Å²) in [7, 11) is 1.54. The Morgan fingerprint density at radius 3 is 2.53 bits per heavy atom. The maximum atomic E-state index is 14.0. The molecule has 1 aromatic heterocycles. The highest BCUT2D eigenvalue weighted by atomic mass is 19.4. The van der Waals surface area contributed by atoms with Crippen molar-refractivity contribution in [3.63, 3.8) is 0 Å². The van der Waals surface area contributed by atoms with Gasteiger partial charge in [-0.25, -0.2) is 4.79 Å². The molecule has 0 unspecified atom stereocenters. The van der Waals surface area contributed by atoms with Crippen molar-refractivity contribution in [2.45, 2.75) is 26.1 Å². The first-order chi connectivity index (χ1) is 17.2. The number of halogens is 3. The Balaban J connectivity index is 1.73. The van der Waals surface area contributed by atoms with Gasteiger partial charge in [0.1, 0.15) is 23.8 Å². The highest BCUT2D eigenvalue weighted by molar-refractivity contribution is 5.89. The number of alkyl halides is 3. The summed E-state index contributed by atoms with van der Waals surface area (Å²) in [5, 5.41) is -0.0753. The van der Waals surface area contributed by atoms with Crippen molar-refractivity contribution in [2.75, 3.05) is 33.6 Å². The van der Waals surface area contributed by atoms with Gasteiger partial charge in [-0.3, -0.25) is 9.69 Å². The maximum absolute atomic E-state index is 14.0. The molecule has 3 aromatic rings. The molecule has 0 aliphatic carbocycles. The molecule has 192 valence electrons. The van der Waals surface area contributed by atoms with Crippen LogP contribution in [-0.4, -0.2) is 44.5 Å². The van der Waals surface area contributed by atoms with Crippen molar-refractivity contribution in [2.24, 2.45) is 0 Å². The molecular weight excluding hydrogens is 483 g/mol. The van der Waals surface area contributed by atoms with Gasteiger partial charge in [-0.1, -0.05) is 6.92 Å². The zero-order valence-corrected chi connectivity index (χ0v) is 19.6. The van der Waals surface area contributed by atoms with Gasteiger partial charge in [0.25, 0.3) is 5.76 Å². The van der Waals surface area contributed by atoms with Gasteiger partial charge in [0.15, 0.2) is 0 Å². The average molecular weight is 507 g/mol. The molecule has 11 heteroatoms. The minimum Gasteiger partial charge on any atom is -0.478 e. The Kier molecular flexibility index (Phi) is 7.51. The van der Waals surface area contributed by atoms with Crippen LogP contribution in [0.4, 0.5) is 13.2 Å². The third-order valence-corrected chi connectivity index (χ3v) is 5.48. The van der Waals surface area contributed by atoms with E-state index in [1.165, 1.54) is 43.5 Å². The first kappa shape index (κ1) is 25.5. The molecule has 0 radical (unpaired) electrons. The molecule has 1 aliphatic rings. The average Bonchev–Trinajstić information content (AvgIpc) is 2.86. The number of fused-ring (bicyclic) bond motifs is 3. The molecule has 0 amide bonds. The fraction of sp³-hybridized carbons (Fsp3) is 0.360. The zero-order valence-electron chi connectivity index (χ0n) is 19.6. The monoisotopic (exact) mass is 507 g/mol. The summed E-state index contributed by atoms with van der Waals surface area (Å²) < 4.78 is 68.4. The van der Waals surface area contributed by atoms with Crippen molar-refractivity contribution in [1.82, 2.24) is 4.90 Å². The number of carbonyl (C=O) groups excluding carboxylic acids is 1. The number of methoxy groups -OCH3 is 1. The van der Waals surface area contributed by atoms with Gasteiger partial charge in [-0.2, -0.15) is 13.2 Å². The lowest BCUT2D eigenvalue weighted by Crippen LogP contribution is -2.34. The molecule has 0 N–H and O–H groups in total. The number of esters is 1. The van der Waals surface area contributed by atoms with E-state index in [9.17, 15) is 22.8 Å². The van der Waals surface area contributed by atoms with Crippen LogP contribution in [0, 0.1) is 0 Å². The smallest absolute Gasteiger partial charge is 0.453 e. The number of carbonyl (C=O) groups is 1. The minimum atomic E-state index is -5.01. The van der Waals surface area contributed by atoms with Gasteiger partial charge in [-0.15, -0.1) is 0 Å². The highest BCUT2D eigenvalue weighted by Crippen LogP contribution is 2.40. The molecule has 0 saturated heterocycles. The Labute approximate surface area is 204 Å².